The summed E-state index contributed by atoms with van der Waals surface area (Å²) in [6.07, 6.45) is 3.08. The van der Waals surface area contributed by atoms with Gasteiger partial charge in [0.1, 0.15) is 13.2 Å². The summed E-state index contributed by atoms with van der Waals surface area (Å²) in [6.45, 7) is 0.348. The van der Waals surface area contributed by atoms with Crippen LogP contribution < -0.4 is 0 Å². The van der Waals surface area contributed by atoms with Crippen LogP contribution in [0.15, 0.2) is 60.7 Å². The van der Waals surface area contributed by atoms with E-state index in [0.29, 0.717) is 19.3 Å². The molecule has 2 saturated carbocycles. The maximum absolute atomic E-state index is 12.5. The van der Waals surface area contributed by atoms with Crippen molar-refractivity contribution in [3.05, 3.63) is 71.8 Å². The van der Waals surface area contributed by atoms with Crippen LogP contribution in [0.4, 0.5) is 0 Å². The Morgan fingerprint density at radius 1 is 0.618 bits per heavy atom. The molecule has 4 rings (SSSR count). The summed E-state index contributed by atoms with van der Waals surface area (Å²) >= 11 is 0. The molecule has 0 radical (unpaired) electrons. The fourth-order valence-corrected chi connectivity index (χ4v) is 3.79. The van der Waals surface area contributed by atoms with Crippen LogP contribution in [0.3, 0.4) is 0 Å². The van der Waals surface area contributed by atoms with Gasteiger partial charge in [-0.15, -0.1) is 0 Å². The van der Waals surface area contributed by atoms with Gasteiger partial charge >= 0.3 is 23.9 Å². The predicted molar refractivity (Wildman–Crippen MR) is 120 cm³/mol. The molecule has 2 fully saturated rings. The smallest absolute Gasteiger partial charge is 0.323 e. The largest absolute Gasteiger partial charge is 0.480 e. The second-order valence-corrected chi connectivity index (χ2v) is 8.61. The van der Waals surface area contributed by atoms with Gasteiger partial charge in [-0.1, -0.05) is 60.7 Å². The molecule has 2 aliphatic carbocycles. The minimum absolute atomic E-state index is 0.174. The molecule has 0 amide bonds. The molecular weight excluding hydrogens is 440 g/mol. The third kappa shape index (κ3) is 5.44. The van der Waals surface area contributed by atoms with E-state index >= 15 is 0 Å². The normalized spacial score (nSPS) is 16.9. The monoisotopic (exact) mass is 468 g/mol. The first-order chi connectivity index (χ1) is 16.3. The quantitative estimate of drug-likeness (QED) is 0.440. The Morgan fingerprint density at radius 2 is 0.971 bits per heavy atom. The summed E-state index contributed by atoms with van der Waals surface area (Å²) in [7, 11) is 0. The zero-order chi connectivity index (χ0) is 24.6. The lowest BCUT2D eigenvalue weighted by molar-refractivity contribution is -0.181. The highest BCUT2D eigenvalue weighted by Crippen LogP contribution is 2.43. The van der Waals surface area contributed by atoms with Crippen LogP contribution in [0.1, 0.15) is 49.7 Å². The van der Waals surface area contributed by atoms with Crippen molar-refractivity contribution in [3.8, 4) is 0 Å². The highest BCUT2D eigenvalue weighted by molar-refractivity contribution is 6.01. The van der Waals surface area contributed by atoms with Crippen LogP contribution in [0.5, 0.6) is 0 Å². The first-order valence-electron chi connectivity index (χ1n) is 11.2. The molecule has 0 bridgehead atoms. The number of esters is 2. The molecule has 8 nitrogen and oxygen atoms in total. The number of carbonyl (C=O) groups is 4. The summed E-state index contributed by atoms with van der Waals surface area (Å²) in [5.41, 5.74) is -0.764. The van der Waals surface area contributed by atoms with Gasteiger partial charge in [-0.2, -0.15) is 0 Å². The summed E-state index contributed by atoms with van der Waals surface area (Å²) < 4.78 is 10.7. The molecule has 2 aliphatic rings. The Morgan fingerprint density at radius 3 is 1.21 bits per heavy atom. The van der Waals surface area contributed by atoms with Crippen molar-refractivity contribution in [1.29, 1.82) is 0 Å². The number of hydrogen-bond donors (Lipinski definition) is 2. The fraction of sp³-hybridized carbons (Fsp3) is 0.385. The summed E-state index contributed by atoms with van der Waals surface area (Å²) in [5, 5.41) is 16.9. The number of hydrogen-bond acceptors (Lipinski definition) is 6. The molecule has 0 spiro atoms. The van der Waals surface area contributed by atoms with Crippen molar-refractivity contribution in [2.75, 3.05) is 0 Å². The van der Waals surface area contributed by atoms with E-state index < -0.39 is 34.7 Å². The number of carbonyl (C=O) groups excluding carboxylic acids is 2. The van der Waals surface area contributed by atoms with E-state index in [4.69, 9.17) is 19.7 Å². The Hall–Kier alpha value is -3.68. The molecule has 8 heteroatoms. The highest BCUT2D eigenvalue weighted by atomic mass is 16.6. The third-order valence-corrected chi connectivity index (χ3v) is 6.44. The molecule has 0 heterocycles. The molecule has 180 valence electrons. The van der Waals surface area contributed by atoms with Gasteiger partial charge in [0.05, 0.1) is 0 Å². The molecule has 0 saturated heterocycles. The van der Waals surface area contributed by atoms with E-state index in [9.17, 15) is 19.2 Å². The van der Waals surface area contributed by atoms with Crippen molar-refractivity contribution in [2.24, 2.45) is 10.8 Å². The standard InChI is InChI=1S/C20H20O4.C6H8O4/c21-18(23-14-16-8-3-1-4-9-16)20(12-7-13-20)19(22)24-15-17-10-5-2-6-11-17;7-4(8)6(5(9)10)2-1-3-6/h1-6,8-11H,7,12-15H2;1-3H2,(H,7,8)(H,9,10). The lowest BCUT2D eigenvalue weighted by Crippen LogP contribution is -2.47. The molecule has 34 heavy (non-hydrogen) atoms. The van der Waals surface area contributed by atoms with Crippen LogP contribution in [-0.4, -0.2) is 34.1 Å². The number of carboxylic acid groups (broad SMARTS) is 2. The van der Waals surface area contributed by atoms with Crippen LogP contribution in [-0.2, 0) is 41.9 Å². The Labute approximate surface area is 197 Å². The minimum Gasteiger partial charge on any atom is -0.480 e. The SMILES string of the molecule is O=C(O)C1(C(=O)O)CCC1.O=C(OCc1ccccc1)C1(C(=O)OCc2ccccc2)CCC1. The van der Waals surface area contributed by atoms with Crippen LogP contribution in [0.2, 0.25) is 0 Å². The van der Waals surface area contributed by atoms with Crippen LogP contribution in [0.25, 0.3) is 0 Å². The Balaban J connectivity index is 0.000000271. The summed E-state index contributed by atoms with van der Waals surface area (Å²) in [4.78, 5) is 45.6. The van der Waals surface area contributed by atoms with Crippen molar-refractivity contribution in [2.45, 2.75) is 51.7 Å². The van der Waals surface area contributed by atoms with E-state index in [-0.39, 0.29) is 26.1 Å². The number of benzene rings is 2. The number of aliphatic carboxylic acids is 2. The second kappa shape index (κ2) is 11.0. The van der Waals surface area contributed by atoms with Gasteiger partial charge in [0.15, 0.2) is 10.8 Å². The highest BCUT2D eigenvalue weighted by Gasteiger charge is 2.54. The minimum atomic E-state index is -1.44. The maximum atomic E-state index is 12.5. The molecule has 0 unspecified atom stereocenters. The number of rotatable bonds is 8. The van der Waals surface area contributed by atoms with Crippen molar-refractivity contribution >= 4 is 23.9 Å². The van der Waals surface area contributed by atoms with E-state index in [2.05, 4.69) is 0 Å². The third-order valence-electron chi connectivity index (χ3n) is 6.44. The van der Waals surface area contributed by atoms with Crippen LogP contribution >= 0.6 is 0 Å². The molecular formula is C26H28O8. The van der Waals surface area contributed by atoms with Gasteiger partial charge in [-0.25, -0.2) is 0 Å². The molecule has 0 atom stereocenters. The lowest BCUT2D eigenvalue weighted by atomic mass is 9.69. The molecule has 2 aromatic rings. The average molecular weight is 469 g/mol. The number of ether oxygens (including phenoxy) is 2. The Kier molecular flexibility index (Phi) is 8.04. The number of carboxylic acids is 2. The van der Waals surface area contributed by atoms with E-state index in [1.165, 1.54) is 0 Å². The Bertz CT molecular complexity index is 934. The average Bonchev–Trinajstić information content (AvgIpc) is 2.76. The molecule has 2 aromatic carbocycles. The first-order valence-corrected chi connectivity index (χ1v) is 11.2. The topological polar surface area (TPSA) is 127 Å². The van der Waals surface area contributed by atoms with Crippen molar-refractivity contribution < 1.29 is 38.9 Å². The van der Waals surface area contributed by atoms with Gasteiger partial charge in [0.2, 0.25) is 0 Å². The van der Waals surface area contributed by atoms with Gasteiger partial charge in [-0.05, 0) is 49.7 Å². The van der Waals surface area contributed by atoms with Crippen molar-refractivity contribution in [1.82, 2.24) is 0 Å². The second-order valence-electron chi connectivity index (χ2n) is 8.61. The molecule has 0 aliphatic heterocycles. The van der Waals surface area contributed by atoms with Gasteiger partial charge in [0.25, 0.3) is 0 Å². The first kappa shape index (κ1) is 25.0. The molecule has 2 N–H and O–H groups in total. The zero-order valence-corrected chi connectivity index (χ0v) is 18.8. The predicted octanol–water partition coefficient (Wildman–Crippen LogP) is 3.97. The van der Waals surface area contributed by atoms with E-state index in [0.717, 1.165) is 17.5 Å². The lowest BCUT2D eigenvalue weighted by Gasteiger charge is -2.36. The van der Waals surface area contributed by atoms with E-state index in [1.54, 1.807) is 0 Å². The maximum Gasteiger partial charge on any atom is 0.323 e. The van der Waals surface area contributed by atoms with Gasteiger partial charge in [-0.3, -0.25) is 19.2 Å². The summed E-state index contributed by atoms with van der Waals surface area (Å²) in [5.74, 6) is -3.36. The summed E-state index contributed by atoms with van der Waals surface area (Å²) in [6, 6.07) is 18.9. The van der Waals surface area contributed by atoms with E-state index in [1.807, 2.05) is 60.7 Å². The zero-order valence-electron chi connectivity index (χ0n) is 18.8. The fourth-order valence-electron chi connectivity index (χ4n) is 3.79. The van der Waals surface area contributed by atoms with Crippen molar-refractivity contribution in [3.63, 3.8) is 0 Å². The van der Waals surface area contributed by atoms with Crippen LogP contribution in [0, 0.1) is 10.8 Å². The molecule has 0 aromatic heterocycles. The van der Waals surface area contributed by atoms with Gasteiger partial charge < -0.3 is 19.7 Å². The van der Waals surface area contributed by atoms with Gasteiger partial charge in [0, 0.05) is 0 Å².